The number of para-hydroxylation sites is 2. The number of allylic oxidation sites excluding steroid dienone is 1. The Hall–Kier alpha value is -2.92. The normalized spacial score (nSPS) is 21.2. The van der Waals surface area contributed by atoms with Gasteiger partial charge in [0.2, 0.25) is 0 Å². The molecular weight excluding hydrogens is 371 g/mol. The Kier molecular flexibility index (Phi) is 4.24. The molecular formula is C23H19FN2OS. The zero-order valence-electron chi connectivity index (χ0n) is 15.1. The zero-order valence-corrected chi connectivity index (χ0v) is 15.9. The van der Waals surface area contributed by atoms with Crippen LogP contribution < -0.4 is 10.6 Å². The van der Waals surface area contributed by atoms with Crippen LogP contribution >= 0.6 is 11.3 Å². The lowest BCUT2D eigenvalue weighted by Crippen LogP contribution is -2.26. The van der Waals surface area contributed by atoms with Gasteiger partial charge in [-0.2, -0.15) is 0 Å². The van der Waals surface area contributed by atoms with E-state index < -0.39 is 0 Å². The summed E-state index contributed by atoms with van der Waals surface area (Å²) < 4.78 is 13.9. The number of rotatable bonds is 2. The minimum absolute atomic E-state index is 0.113. The molecule has 1 aliphatic carbocycles. The SMILES string of the molecule is O=C1C[C@H](c2cccs2)CC2=C1[C@H](c1cccc(F)c1)Nc1ccccc1N2. The van der Waals surface area contributed by atoms with Crippen LogP contribution in [0.2, 0.25) is 0 Å². The predicted molar refractivity (Wildman–Crippen MR) is 111 cm³/mol. The van der Waals surface area contributed by atoms with E-state index in [1.54, 1.807) is 17.4 Å². The van der Waals surface area contributed by atoms with Crippen molar-refractivity contribution in [2.45, 2.75) is 24.8 Å². The number of hydrogen-bond acceptors (Lipinski definition) is 4. The van der Waals surface area contributed by atoms with Gasteiger partial charge in [-0.25, -0.2) is 4.39 Å². The van der Waals surface area contributed by atoms with Gasteiger partial charge in [0.25, 0.3) is 0 Å². The minimum Gasteiger partial charge on any atom is -0.372 e. The first-order valence-electron chi connectivity index (χ1n) is 9.37. The van der Waals surface area contributed by atoms with Crippen molar-refractivity contribution in [1.82, 2.24) is 0 Å². The molecule has 0 saturated heterocycles. The highest BCUT2D eigenvalue weighted by Gasteiger charge is 2.36. The van der Waals surface area contributed by atoms with Gasteiger partial charge < -0.3 is 10.6 Å². The number of carbonyl (C=O) groups is 1. The molecule has 2 aromatic carbocycles. The van der Waals surface area contributed by atoms with Crippen LogP contribution in [0.25, 0.3) is 0 Å². The molecule has 1 aromatic heterocycles. The zero-order chi connectivity index (χ0) is 19.1. The van der Waals surface area contributed by atoms with Gasteiger partial charge in [0.05, 0.1) is 17.4 Å². The Morgan fingerprint density at radius 2 is 1.82 bits per heavy atom. The van der Waals surface area contributed by atoms with Crippen molar-refractivity contribution in [1.29, 1.82) is 0 Å². The second-order valence-corrected chi connectivity index (χ2v) is 8.22. The van der Waals surface area contributed by atoms with E-state index in [1.165, 1.54) is 17.0 Å². The Bertz CT molecular complexity index is 1070. The van der Waals surface area contributed by atoms with E-state index in [0.29, 0.717) is 6.42 Å². The number of hydrogen-bond donors (Lipinski definition) is 2. The summed E-state index contributed by atoms with van der Waals surface area (Å²) in [5, 5.41) is 9.03. The molecule has 2 heterocycles. The molecule has 2 N–H and O–H groups in total. The fraction of sp³-hybridized carbons (Fsp3) is 0.174. The average Bonchev–Trinajstić information content (AvgIpc) is 3.17. The number of benzene rings is 2. The lowest BCUT2D eigenvalue weighted by atomic mass is 9.81. The lowest BCUT2D eigenvalue weighted by Gasteiger charge is -2.29. The van der Waals surface area contributed by atoms with E-state index in [0.717, 1.165) is 34.6 Å². The molecule has 0 spiro atoms. The molecule has 3 aromatic rings. The second-order valence-electron chi connectivity index (χ2n) is 7.24. The molecule has 5 rings (SSSR count). The Balaban J connectivity index is 1.64. The highest BCUT2D eigenvalue weighted by atomic mass is 32.1. The molecule has 28 heavy (non-hydrogen) atoms. The van der Waals surface area contributed by atoms with Crippen LogP contribution in [0.4, 0.5) is 15.8 Å². The summed E-state index contributed by atoms with van der Waals surface area (Å²) >= 11 is 1.69. The van der Waals surface area contributed by atoms with Crippen molar-refractivity contribution in [2.24, 2.45) is 0 Å². The molecule has 0 fully saturated rings. The number of ketones is 1. The molecule has 0 radical (unpaired) electrons. The Morgan fingerprint density at radius 1 is 0.964 bits per heavy atom. The van der Waals surface area contributed by atoms with Gasteiger partial charge in [-0.3, -0.25) is 4.79 Å². The maximum Gasteiger partial charge on any atom is 0.163 e. The van der Waals surface area contributed by atoms with Crippen molar-refractivity contribution in [3.05, 3.63) is 93.6 Å². The first kappa shape index (κ1) is 17.2. The molecule has 1 aliphatic heterocycles. The fourth-order valence-electron chi connectivity index (χ4n) is 4.15. The molecule has 5 heteroatoms. The molecule has 0 bridgehead atoms. The molecule has 2 atom stereocenters. The van der Waals surface area contributed by atoms with E-state index >= 15 is 0 Å². The van der Waals surface area contributed by atoms with Gasteiger partial charge in [0.15, 0.2) is 5.78 Å². The average molecular weight is 390 g/mol. The number of nitrogens with one attached hydrogen (secondary N) is 2. The van der Waals surface area contributed by atoms with Crippen LogP contribution in [0.5, 0.6) is 0 Å². The van der Waals surface area contributed by atoms with Crippen LogP contribution in [0.1, 0.15) is 35.2 Å². The summed E-state index contributed by atoms with van der Waals surface area (Å²) in [5.74, 6) is -0.00875. The second kappa shape index (κ2) is 6.91. The Morgan fingerprint density at radius 3 is 2.61 bits per heavy atom. The fourth-order valence-corrected chi connectivity index (χ4v) is 4.98. The molecule has 140 valence electrons. The summed E-state index contributed by atoms with van der Waals surface area (Å²) in [6.45, 7) is 0. The van der Waals surface area contributed by atoms with Crippen LogP contribution in [0.3, 0.4) is 0 Å². The minimum atomic E-state index is -0.376. The maximum atomic E-state index is 13.9. The summed E-state index contributed by atoms with van der Waals surface area (Å²) in [5.41, 5.74) is 4.25. The van der Waals surface area contributed by atoms with Gasteiger partial charge in [0.1, 0.15) is 5.82 Å². The quantitative estimate of drug-likeness (QED) is 0.575. The molecule has 3 nitrogen and oxygen atoms in total. The standard InChI is InChI=1S/C23H19FN2OS/c24-16-6-3-5-14(11-16)23-22-19(25-17-7-1-2-8-18(17)26-23)12-15(13-20(22)27)21-9-4-10-28-21/h1-11,15,23,25-26H,12-13H2/t15-,23+/m1/s1. The molecule has 0 unspecified atom stereocenters. The third-order valence-electron chi connectivity index (χ3n) is 5.44. The highest BCUT2D eigenvalue weighted by Crippen LogP contribution is 2.44. The summed E-state index contributed by atoms with van der Waals surface area (Å²) in [6.07, 6.45) is 1.24. The van der Waals surface area contributed by atoms with E-state index in [2.05, 4.69) is 22.1 Å². The molecule has 0 amide bonds. The monoisotopic (exact) mass is 390 g/mol. The van der Waals surface area contributed by atoms with Gasteiger partial charge in [0, 0.05) is 28.5 Å². The maximum absolute atomic E-state index is 13.9. The van der Waals surface area contributed by atoms with E-state index in [-0.39, 0.29) is 23.6 Å². The van der Waals surface area contributed by atoms with Gasteiger partial charge in [-0.15, -0.1) is 11.3 Å². The van der Waals surface area contributed by atoms with Crippen LogP contribution in [-0.2, 0) is 4.79 Å². The highest BCUT2D eigenvalue weighted by molar-refractivity contribution is 7.10. The number of carbonyl (C=O) groups excluding carboxylic acids is 1. The summed E-state index contributed by atoms with van der Waals surface area (Å²) in [6, 6.07) is 18.2. The van der Waals surface area contributed by atoms with Crippen LogP contribution in [0.15, 0.2) is 77.3 Å². The van der Waals surface area contributed by atoms with Crippen molar-refractivity contribution in [3.8, 4) is 0 Å². The first-order valence-corrected chi connectivity index (χ1v) is 10.2. The lowest BCUT2D eigenvalue weighted by molar-refractivity contribution is -0.116. The number of Topliss-reactive ketones (excluding diaryl/α,β-unsaturated/α-hetero) is 1. The third kappa shape index (κ3) is 3.02. The summed E-state index contributed by atoms with van der Waals surface area (Å²) in [7, 11) is 0. The largest absolute Gasteiger partial charge is 0.372 e. The van der Waals surface area contributed by atoms with Gasteiger partial charge >= 0.3 is 0 Å². The number of fused-ring (bicyclic) bond motifs is 1. The first-order chi connectivity index (χ1) is 13.7. The van der Waals surface area contributed by atoms with Crippen LogP contribution in [-0.4, -0.2) is 5.78 Å². The van der Waals surface area contributed by atoms with Gasteiger partial charge in [-0.05, 0) is 47.7 Å². The number of halogens is 1. The molecule has 0 saturated carbocycles. The van der Waals surface area contributed by atoms with Crippen molar-refractivity contribution in [3.63, 3.8) is 0 Å². The van der Waals surface area contributed by atoms with Crippen molar-refractivity contribution >= 4 is 28.5 Å². The summed E-state index contributed by atoms with van der Waals surface area (Å²) in [4.78, 5) is 14.5. The topological polar surface area (TPSA) is 41.1 Å². The Labute approximate surface area is 166 Å². The predicted octanol–water partition coefficient (Wildman–Crippen LogP) is 5.87. The van der Waals surface area contributed by atoms with Gasteiger partial charge in [-0.1, -0.05) is 30.3 Å². The van der Waals surface area contributed by atoms with Crippen molar-refractivity contribution in [2.75, 3.05) is 10.6 Å². The van der Waals surface area contributed by atoms with Crippen molar-refractivity contribution < 1.29 is 9.18 Å². The van der Waals surface area contributed by atoms with E-state index in [4.69, 9.17) is 0 Å². The van der Waals surface area contributed by atoms with E-state index in [9.17, 15) is 9.18 Å². The van der Waals surface area contributed by atoms with Crippen LogP contribution in [0, 0.1) is 5.82 Å². The third-order valence-corrected chi connectivity index (χ3v) is 6.47. The number of anilines is 2. The number of thiophene rings is 1. The van der Waals surface area contributed by atoms with E-state index in [1.807, 2.05) is 36.4 Å². The molecule has 2 aliphatic rings. The smallest absolute Gasteiger partial charge is 0.163 e.